The van der Waals surface area contributed by atoms with Crippen molar-refractivity contribution in [2.24, 2.45) is 0 Å². The SMILES string of the molecule is CCc1ccccc1NC(=O)Cc1csc(-c2cccc(C)c2)n1. The zero-order valence-electron chi connectivity index (χ0n) is 13.9. The minimum Gasteiger partial charge on any atom is -0.325 e. The van der Waals surface area contributed by atoms with Crippen molar-refractivity contribution in [1.29, 1.82) is 0 Å². The Labute approximate surface area is 146 Å². The van der Waals surface area contributed by atoms with Gasteiger partial charge < -0.3 is 5.32 Å². The van der Waals surface area contributed by atoms with Crippen molar-refractivity contribution >= 4 is 22.9 Å². The van der Waals surface area contributed by atoms with E-state index < -0.39 is 0 Å². The monoisotopic (exact) mass is 336 g/mol. The second-order valence-corrected chi connectivity index (χ2v) is 6.61. The van der Waals surface area contributed by atoms with Crippen LogP contribution in [-0.4, -0.2) is 10.9 Å². The molecular weight excluding hydrogens is 316 g/mol. The van der Waals surface area contributed by atoms with Crippen LogP contribution in [0.2, 0.25) is 0 Å². The van der Waals surface area contributed by atoms with Crippen LogP contribution in [0.25, 0.3) is 10.6 Å². The van der Waals surface area contributed by atoms with Gasteiger partial charge in [0.15, 0.2) is 0 Å². The van der Waals surface area contributed by atoms with Crippen molar-refractivity contribution in [2.75, 3.05) is 5.32 Å². The van der Waals surface area contributed by atoms with Gasteiger partial charge in [0.25, 0.3) is 0 Å². The lowest BCUT2D eigenvalue weighted by Gasteiger charge is -2.08. The number of para-hydroxylation sites is 1. The van der Waals surface area contributed by atoms with Gasteiger partial charge in [0.2, 0.25) is 5.91 Å². The number of hydrogen-bond acceptors (Lipinski definition) is 3. The summed E-state index contributed by atoms with van der Waals surface area (Å²) < 4.78 is 0. The number of benzene rings is 2. The van der Waals surface area contributed by atoms with E-state index in [1.165, 1.54) is 5.56 Å². The first-order chi connectivity index (χ1) is 11.7. The predicted octanol–water partition coefficient (Wildman–Crippen LogP) is 4.86. The standard InChI is InChI=1S/C20H20N2OS/c1-3-15-8-4-5-10-18(15)22-19(23)12-17-13-24-20(21-17)16-9-6-7-14(2)11-16/h4-11,13H,3,12H2,1-2H3,(H,22,23). The maximum atomic E-state index is 12.3. The van der Waals surface area contributed by atoms with Gasteiger partial charge in [-0.3, -0.25) is 4.79 Å². The maximum absolute atomic E-state index is 12.3. The van der Waals surface area contributed by atoms with E-state index >= 15 is 0 Å². The second kappa shape index (κ2) is 7.41. The number of thiazole rings is 1. The molecular formula is C20H20N2OS. The van der Waals surface area contributed by atoms with E-state index in [2.05, 4.69) is 36.3 Å². The number of nitrogens with zero attached hydrogens (tertiary/aromatic N) is 1. The molecule has 3 aromatic rings. The lowest BCUT2D eigenvalue weighted by atomic mass is 10.1. The normalized spacial score (nSPS) is 10.6. The Morgan fingerprint density at radius 1 is 1.17 bits per heavy atom. The highest BCUT2D eigenvalue weighted by Gasteiger charge is 2.10. The van der Waals surface area contributed by atoms with Crippen LogP contribution >= 0.6 is 11.3 Å². The molecule has 0 aliphatic heterocycles. The van der Waals surface area contributed by atoms with Gasteiger partial charge >= 0.3 is 0 Å². The highest BCUT2D eigenvalue weighted by molar-refractivity contribution is 7.13. The van der Waals surface area contributed by atoms with Crippen molar-refractivity contribution < 1.29 is 4.79 Å². The molecule has 0 aliphatic carbocycles. The molecule has 1 amide bonds. The smallest absolute Gasteiger partial charge is 0.230 e. The van der Waals surface area contributed by atoms with Crippen LogP contribution in [0.3, 0.4) is 0 Å². The zero-order valence-corrected chi connectivity index (χ0v) is 14.7. The summed E-state index contributed by atoms with van der Waals surface area (Å²) >= 11 is 1.58. The van der Waals surface area contributed by atoms with Crippen molar-refractivity contribution in [2.45, 2.75) is 26.7 Å². The van der Waals surface area contributed by atoms with E-state index in [1.807, 2.05) is 41.8 Å². The molecule has 0 fully saturated rings. The van der Waals surface area contributed by atoms with Crippen LogP contribution in [0.15, 0.2) is 53.9 Å². The molecule has 4 heteroatoms. The molecule has 3 rings (SSSR count). The third kappa shape index (κ3) is 3.89. The Morgan fingerprint density at radius 3 is 2.79 bits per heavy atom. The summed E-state index contributed by atoms with van der Waals surface area (Å²) in [6.07, 6.45) is 1.19. The van der Waals surface area contributed by atoms with E-state index in [0.29, 0.717) is 6.42 Å². The summed E-state index contributed by atoms with van der Waals surface area (Å²) in [5.41, 5.74) is 5.15. The summed E-state index contributed by atoms with van der Waals surface area (Å²) in [5, 5.41) is 5.91. The third-order valence-electron chi connectivity index (χ3n) is 3.83. The molecule has 0 saturated heterocycles. The molecule has 2 aromatic carbocycles. The average Bonchev–Trinajstić information content (AvgIpc) is 3.03. The first kappa shape index (κ1) is 16.4. The highest BCUT2D eigenvalue weighted by atomic mass is 32.1. The van der Waals surface area contributed by atoms with Gasteiger partial charge in [-0.1, -0.05) is 48.9 Å². The summed E-state index contributed by atoms with van der Waals surface area (Å²) in [4.78, 5) is 16.9. The highest BCUT2D eigenvalue weighted by Crippen LogP contribution is 2.25. The van der Waals surface area contributed by atoms with Crippen LogP contribution in [-0.2, 0) is 17.6 Å². The van der Waals surface area contributed by atoms with Crippen LogP contribution in [0.4, 0.5) is 5.69 Å². The number of hydrogen-bond donors (Lipinski definition) is 1. The molecule has 0 bridgehead atoms. The summed E-state index contributed by atoms with van der Waals surface area (Å²) in [6.45, 7) is 4.15. The molecule has 1 aromatic heterocycles. The van der Waals surface area contributed by atoms with Gasteiger partial charge in [0.1, 0.15) is 5.01 Å². The van der Waals surface area contributed by atoms with Gasteiger partial charge in [-0.05, 0) is 31.0 Å². The van der Waals surface area contributed by atoms with Crippen LogP contribution in [0.5, 0.6) is 0 Å². The van der Waals surface area contributed by atoms with Crippen molar-refractivity contribution in [3.05, 3.63) is 70.7 Å². The predicted molar refractivity (Wildman–Crippen MR) is 100 cm³/mol. The van der Waals surface area contributed by atoms with Crippen molar-refractivity contribution in [3.63, 3.8) is 0 Å². The molecule has 0 aliphatic rings. The van der Waals surface area contributed by atoms with Crippen LogP contribution in [0.1, 0.15) is 23.7 Å². The van der Waals surface area contributed by atoms with Gasteiger partial charge in [-0.2, -0.15) is 0 Å². The first-order valence-electron chi connectivity index (χ1n) is 8.05. The Balaban J connectivity index is 1.69. The Bertz CT molecular complexity index is 854. The minimum atomic E-state index is -0.0306. The number of anilines is 1. The van der Waals surface area contributed by atoms with Crippen LogP contribution in [0, 0.1) is 6.92 Å². The van der Waals surface area contributed by atoms with Crippen molar-refractivity contribution in [1.82, 2.24) is 4.98 Å². The molecule has 0 spiro atoms. The molecule has 0 radical (unpaired) electrons. The van der Waals surface area contributed by atoms with Crippen LogP contribution < -0.4 is 5.32 Å². The number of carbonyl (C=O) groups excluding carboxylic acids is 1. The number of aryl methyl sites for hydroxylation is 2. The molecule has 0 saturated carbocycles. The molecule has 0 unspecified atom stereocenters. The average molecular weight is 336 g/mol. The summed E-state index contributed by atoms with van der Waals surface area (Å²) in [7, 11) is 0. The molecule has 24 heavy (non-hydrogen) atoms. The quantitative estimate of drug-likeness (QED) is 0.723. The van der Waals surface area contributed by atoms with E-state index in [0.717, 1.165) is 33.9 Å². The fourth-order valence-corrected chi connectivity index (χ4v) is 3.43. The van der Waals surface area contributed by atoms with E-state index in [9.17, 15) is 4.79 Å². The molecule has 0 atom stereocenters. The van der Waals surface area contributed by atoms with Gasteiger partial charge in [0.05, 0.1) is 12.1 Å². The molecule has 1 N–H and O–H groups in total. The van der Waals surface area contributed by atoms with E-state index in [4.69, 9.17) is 0 Å². The molecule has 1 heterocycles. The summed E-state index contributed by atoms with van der Waals surface area (Å²) in [5.74, 6) is -0.0306. The number of nitrogens with one attached hydrogen (secondary N) is 1. The van der Waals surface area contributed by atoms with Gasteiger partial charge in [0, 0.05) is 16.6 Å². The van der Waals surface area contributed by atoms with Crippen molar-refractivity contribution in [3.8, 4) is 10.6 Å². The Morgan fingerprint density at radius 2 is 2.00 bits per heavy atom. The minimum absolute atomic E-state index is 0.0306. The number of aromatic nitrogens is 1. The zero-order chi connectivity index (χ0) is 16.9. The lowest BCUT2D eigenvalue weighted by Crippen LogP contribution is -2.15. The fourth-order valence-electron chi connectivity index (χ4n) is 2.61. The number of carbonyl (C=O) groups is 1. The molecule has 3 nitrogen and oxygen atoms in total. The van der Waals surface area contributed by atoms with Gasteiger partial charge in [-0.25, -0.2) is 4.98 Å². The Kier molecular flexibility index (Phi) is 5.06. The second-order valence-electron chi connectivity index (χ2n) is 5.75. The van der Waals surface area contributed by atoms with E-state index in [1.54, 1.807) is 11.3 Å². The first-order valence-corrected chi connectivity index (χ1v) is 8.93. The third-order valence-corrected chi connectivity index (χ3v) is 4.77. The Hall–Kier alpha value is -2.46. The maximum Gasteiger partial charge on any atom is 0.230 e. The van der Waals surface area contributed by atoms with E-state index in [-0.39, 0.29) is 5.91 Å². The van der Waals surface area contributed by atoms with Gasteiger partial charge in [-0.15, -0.1) is 11.3 Å². The number of rotatable bonds is 5. The lowest BCUT2D eigenvalue weighted by molar-refractivity contribution is -0.115. The number of amides is 1. The fraction of sp³-hybridized carbons (Fsp3) is 0.200. The topological polar surface area (TPSA) is 42.0 Å². The summed E-state index contributed by atoms with van der Waals surface area (Å²) in [6, 6.07) is 16.2. The molecule has 122 valence electrons. The largest absolute Gasteiger partial charge is 0.325 e.